The van der Waals surface area contributed by atoms with E-state index >= 15 is 0 Å². The van der Waals surface area contributed by atoms with Crippen molar-refractivity contribution >= 4 is 10.1 Å². The second-order valence-corrected chi connectivity index (χ2v) is 10.7. The lowest BCUT2D eigenvalue weighted by atomic mass is 9.82. The van der Waals surface area contributed by atoms with Crippen LogP contribution in [0.15, 0.2) is 41.3 Å². The average molecular weight is 611 g/mol. The highest BCUT2D eigenvalue weighted by molar-refractivity contribution is 7.87. The molecule has 4 rings (SSSR count). The molecule has 0 N–H and O–H groups in total. The molecule has 1 aliphatic rings. The first-order valence-electron chi connectivity index (χ1n) is 12.2. The highest BCUT2D eigenvalue weighted by Crippen LogP contribution is 2.42. The molecular formula is C27H22F8O5S. The highest BCUT2D eigenvalue weighted by atomic mass is 32.2. The van der Waals surface area contributed by atoms with Crippen LogP contribution >= 0.6 is 0 Å². The van der Waals surface area contributed by atoms with Gasteiger partial charge in [-0.25, -0.2) is 13.2 Å². The van der Waals surface area contributed by atoms with Gasteiger partial charge in [0.05, 0.1) is 12.2 Å². The summed E-state index contributed by atoms with van der Waals surface area (Å²) in [7, 11) is -3.61. The molecule has 0 aliphatic carbocycles. The zero-order valence-corrected chi connectivity index (χ0v) is 22.1. The fraction of sp³-hybridized carbons (Fsp3) is 0.333. The summed E-state index contributed by atoms with van der Waals surface area (Å²) in [5.41, 5.74) is 0.625. The van der Waals surface area contributed by atoms with Crippen LogP contribution in [0.4, 0.5) is 35.1 Å². The summed E-state index contributed by atoms with van der Waals surface area (Å²) in [4.78, 5) is -0.715. The van der Waals surface area contributed by atoms with Gasteiger partial charge < -0.3 is 13.7 Å². The third-order valence-electron chi connectivity index (χ3n) is 6.57. The Balaban J connectivity index is 1.69. The first-order valence-corrected chi connectivity index (χ1v) is 13.6. The van der Waals surface area contributed by atoms with E-state index in [1.807, 2.05) is 0 Å². The first kappa shape index (κ1) is 30.6. The molecule has 0 radical (unpaired) electrons. The van der Waals surface area contributed by atoms with Crippen molar-refractivity contribution in [2.75, 3.05) is 20.3 Å². The molecule has 0 fully saturated rings. The van der Waals surface area contributed by atoms with Crippen molar-refractivity contribution in [3.05, 3.63) is 87.7 Å². The summed E-state index contributed by atoms with van der Waals surface area (Å²) in [5.74, 6) is -14.7. The normalized spacial score (nSPS) is 15.4. The third-order valence-corrected chi connectivity index (χ3v) is 7.78. The van der Waals surface area contributed by atoms with Crippen molar-refractivity contribution in [2.45, 2.75) is 42.7 Å². The molecule has 3 aromatic rings. The number of fused-ring (bicyclic) bond motifs is 1. The molecule has 0 amide bonds. The second-order valence-electron chi connectivity index (χ2n) is 9.19. The van der Waals surface area contributed by atoms with Gasteiger partial charge in [-0.15, -0.1) is 0 Å². The molecule has 0 saturated heterocycles. The maximum absolute atomic E-state index is 14.0. The van der Waals surface area contributed by atoms with Crippen molar-refractivity contribution in [2.24, 2.45) is 0 Å². The van der Waals surface area contributed by atoms with Crippen LogP contribution in [-0.4, -0.2) is 28.7 Å². The van der Waals surface area contributed by atoms with Crippen LogP contribution in [0.3, 0.4) is 0 Å². The van der Waals surface area contributed by atoms with E-state index in [0.717, 1.165) is 24.3 Å². The maximum Gasteiger partial charge on any atom is 0.416 e. The Kier molecular flexibility index (Phi) is 8.83. The molecule has 41 heavy (non-hydrogen) atoms. The monoisotopic (exact) mass is 610 g/mol. The van der Waals surface area contributed by atoms with Crippen molar-refractivity contribution in [1.82, 2.24) is 0 Å². The first-order chi connectivity index (χ1) is 19.3. The van der Waals surface area contributed by atoms with Gasteiger partial charge in [-0.05, 0) is 55.0 Å². The topological polar surface area (TPSA) is 61.8 Å². The summed E-state index contributed by atoms with van der Waals surface area (Å²) in [6, 6.07) is 6.62. The van der Waals surface area contributed by atoms with Crippen molar-refractivity contribution < 1.29 is 57.2 Å². The summed E-state index contributed by atoms with van der Waals surface area (Å²) >= 11 is 0. The van der Waals surface area contributed by atoms with Crippen LogP contribution in [0.25, 0.3) is 0 Å². The Morgan fingerprint density at radius 2 is 1.51 bits per heavy atom. The zero-order chi connectivity index (χ0) is 30.1. The molecule has 0 aromatic heterocycles. The van der Waals surface area contributed by atoms with Gasteiger partial charge in [0.1, 0.15) is 10.6 Å². The summed E-state index contributed by atoms with van der Waals surface area (Å²) < 4.78 is 149. The number of ether oxygens (including phenoxy) is 2. The number of rotatable bonds is 9. The lowest BCUT2D eigenvalue weighted by Crippen LogP contribution is -2.19. The molecule has 3 aromatic carbocycles. The smallest absolute Gasteiger partial charge is 0.416 e. The largest absolute Gasteiger partial charge is 0.493 e. The Labute approximate surface area is 229 Å². The molecule has 222 valence electrons. The minimum absolute atomic E-state index is 0.00596. The van der Waals surface area contributed by atoms with E-state index in [1.165, 1.54) is 19.2 Å². The number of aryl methyl sites for hydroxylation is 1. The molecule has 0 spiro atoms. The van der Waals surface area contributed by atoms with E-state index < -0.39 is 67.5 Å². The van der Waals surface area contributed by atoms with Crippen molar-refractivity contribution in [1.29, 1.82) is 0 Å². The Morgan fingerprint density at radius 1 is 0.878 bits per heavy atom. The number of methoxy groups -OCH3 is 1. The molecular weight excluding hydrogens is 588 g/mol. The van der Waals surface area contributed by atoms with Gasteiger partial charge in [-0.2, -0.15) is 30.4 Å². The third kappa shape index (κ3) is 6.27. The lowest BCUT2D eigenvalue weighted by molar-refractivity contribution is -0.137. The second kappa shape index (κ2) is 11.8. The average Bonchev–Trinajstić information content (AvgIpc) is 2.94. The number of hydrogen-bond donors (Lipinski definition) is 0. The molecule has 0 unspecified atom stereocenters. The number of halogens is 8. The van der Waals surface area contributed by atoms with Crippen LogP contribution in [0.2, 0.25) is 0 Å². The van der Waals surface area contributed by atoms with Crippen LogP contribution in [-0.2, 0) is 27.5 Å². The van der Waals surface area contributed by atoms with E-state index in [1.54, 1.807) is 0 Å². The van der Waals surface area contributed by atoms with E-state index in [0.29, 0.717) is 49.0 Å². The highest BCUT2D eigenvalue weighted by Gasteiger charge is 2.34. The minimum Gasteiger partial charge on any atom is -0.493 e. The van der Waals surface area contributed by atoms with Gasteiger partial charge in [0, 0.05) is 31.3 Å². The zero-order valence-electron chi connectivity index (χ0n) is 21.3. The molecule has 14 heteroatoms. The van der Waals surface area contributed by atoms with E-state index in [-0.39, 0.29) is 12.4 Å². The fourth-order valence-corrected chi connectivity index (χ4v) is 5.51. The molecule has 0 bridgehead atoms. The summed E-state index contributed by atoms with van der Waals surface area (Å²) in [6.45, 7) is 0.475. The molecule has 5 nitrogen and oxygen atoms in total. The Hall–Kier alpha value is -3.39. The SMILES string of the molecule is COCCCCc1cc(C(F)(F)F)ccc1[C@@H]1CCOc2cc(S(=O)(=O)Oc3c(F)c(F)c(F)c(F)c3F)ccc21. The molecule has 0 saturated carbocycles. The number of hydrogen-bond acceptors (Lipinski definition) is 5. The van der Waals surface area contributed by atoms with Gasteiger partial charge in [0.15, 0.2) is 0 Å². The van der Waals surface area contributed by atoms with Crippen LogP contribution in [0.5, 0.6) is 11.5 Å². The van der Waals surface area contributed by atoms with Crippen molar-refractivity contribution in [3.63, 3.8) is 0 Å². The maximum atomic E-state index is 14.0. The predicted octanol–water partition coefficient (Wildman–Crippen LogP) is 7.05. The van der Waals surface area contributed by atoms with Crippen LogP contribution in [0, 0.1) is 29.1 Å². The number of unbranched alkanes of at least 4 members (excludes halogenated alkanes) is 1. The summed E-state index contributed by atoms with van der Waals surface area (Å²) in [6.07, 6.45) is -2.74. The van der Waals surface area contributed by atoms with E-state index in [9.17, 15) is 43.5 Å². The predicted molar refractivity (Wildman–Crippen MR) is 129 cm³/mol. The molecule has 1 aliphatic heterocycles. The van der Waals surface area contributed by atoms with Gasteiger partial charge in [0.25, 0.3) is 0 Å². The minimum atomic E-state index is -5.12. The summed E-state index contributed by atoms with van der Waals surface area (Å²) in [5, 5.41) is 0. The fourth-order valence-electron chi connectivity index (χ4n) is 4.56. The van der Waals surface area contributed by atoms with Gasteiger partial charge in [-0.1, -0.05) is 12.1 Å². The number of alkyl halides is 3. The molecule has 1 atom stereocenters. The van der Waals surface area contributed by atoms with Crippen molar-refractivity contribution in [3.8, 4) is 11.5 Å². The standard InChI is InChI=1S/C27H22F8O5S/c1-38-10-3-2-4-14-12-15(27(33,34)35)5-7-17(14)18-9-11-39-20-13-16(6-8-19(18)20)41(36,37)40-26-24(31)22(29)21(28)23(30)25(26)32/h5-8,12-13,18H,2-4,9-11H2,1H3/t18-/m0/s1. The number of benzene rings is 3. The van der Waals surface area contributed by atoms with Crippen LogP contribution in [0.1, 0.15) is 47.4 Å². The van der Waals surface area contributed by atoms with Gasteiger partial charge in [0.2, 0.25) is 34.8 Å². The van der Waals surface area contributed by atoms with Gasteiger partial charge in [-0.3, -0.25) is 0 Å². The van der Waals surface area contributed by atoms with E-state index in [4.69, 9.17) is 9.47 Å². The molecule has 1 heterocycles. The van der Waals surface area contributed by atoms with Gasteiger partial charge >= 0.3 is 16.3 Å². The van der Waals surface area contributed by atoms with Crippen LogP contribution < -0.4 is 8.92 Å². The quantitative estimate of drug-likeness (QED) is 0.0855. The van der Waals surface area contributed by atoms with E-state index in [2.05, 4.69) is 4.18 Å². The Bertz CT molecular complexity index is 1530. The lowest BCUT2D eigenvalue weighted by Gasteiger charge is -2.29. The Morgan fingerprint density at radius 3 is 2.15 bits per heavy atom.